The van der Waals surface area contributed by atoms with E-state index in [-0.39, 0.29) is 6.04 Å². The van der Waals surface area contributed by atoms with Crippen molar-refractivity contribution in [2.75, 3.05) is 6.54 Å². The van der Waals surface area contributed by atoms with Crippen molar-refractivity contribution >= 4 is 11.3 Å². The fourth-order valence-corrected chi connectivity index (χ4v) is 2.98. The number of terminal acetylenes is 2. The van der Waals surface area contributed by atoms with Crippen LogP contribution in [0.25, 0.3) is 0 Å². The molecule has 0 bridgehead atoms. The summed E-state index contributed by atoms with van der Waals surface area (Å²) >= 11 is 1.73. The predicted molar refractivity (Wildman–Crippen MR) is 90.9 cm³/mol. The SMILES string of the molecule is C#CCC(C#C)N(CCc1ccsc1)Cc1ccccc1. The molecule has 0 amide bonds. The van der Waals surface area contributed by atoms with Crippen LogP contribution in [0.2, 0.25) is 0 Å². The molecular formula is C19H19NS. The van der Waals surface area contributed by atoms with Gasteiger partial charge in [-0.3, -0.25) is 4.90 Å². The Hall–Kier alpha value is -2.00. The maximum absolute atomic E-state index is 5.68. The third kappa shape index (κ3) is 4.80. The highest BCUT2D eigenvalue weighted by Gasteiger charge is 2.15. The Morgan fingerprint density at radius 1 is 1.10 bits per heavy atom. The molecule has 2 rings (SSSR count). The van der Waals surface area contributed by atoms with Crippen LogP contribution in [-0.2, 0) is 13.0 Å². The van der Waals surface area contributed by atoms with Gasteiger partial charge in [0.25, 0.3) is 0 Å². The van der Waals surface area contributed by atoms with Crippen molar-refractivity contribution in [2.24, 2.45) is 0 Å². The van der Waals surface area contributed by atoms with Gasteiger partial charge in [0.05, 0.1) is 6.04 Å². The highest BCUT2D eigenvalue weighted by Crippen LogP contribution is 2.13. The first-order valence-electron chi connectivity index (χ1n) is 7.02. The summed E-state index contributed by atoms with van der Waals surface area (Å²) in [6, 6.07) is 12.5. The van der Waals surface area contributed by atoms with Crippen molar-refractivity contribution in [1.82, 2.24) is 4.90 Å². The lowest BCUT2D eigenvalue weighted by molar-refractivity contribution is 0.232. The molecule has 1 heterocycles. The van der Waals surface area contributed by atoms with Crippen molar-refractivity contribution in [3.63, 3.8) is 0 Å². The molecule has 106 valence electrons. The van der Waals surface area contributed by atoms with Crippen molar-refractivity contribution in [2.45, 2.75) is 25.4 Å². The molecule has 2 aromatic rings. The quantitative estimate of drug-likeness (QED) is 0.702. The van der Waals surface area contributed by atoms with E-state index in [9.17, 15) is 0 Å². The van der Waals surface area contributed by atoms with Gasteiger partial charge in [-0.2, -0.15) is 11.3 Å². The number of rotatable bonds is 7. The number of hydrogen-bond acceptors (Lipinski definition) is 2. The maximum atomic E-state index is 5.68. The molecule has 0 saturated carbocycles. The van der Waals surface area contributed by atoms with Gasteiger partial charge in [0.15, 0.2) is 0 Å². The van der Waals surface area contributed by atoms with Crippen LogP contribution >= 0.6 is 11.3 Å². The molecule has 0 aliphatic rings. The highest BCUT2D eigenvalue weighted by atomic mass is 32.1. The van der Waals surface area contributed by atoms with Gasteiger partial charge >= 0.3 is 0 Å². The summed E-state index contributed by atoms with van der Waals surface area (Å²) in [4.78, 5) is 2.30. The molecule has 21 heavy (non-hydrogen) atoms. The maximum Gasteiger partial charge on any atom is 0.0825 e. The molecule has 0 radical (unpaired) electrons. The van der Waals surface area contributed by atoms with Crippen molar-refractivity contribution in [3.05, 3.63) is 58.3 Å². The van der Waals surface area contributed by atoms with Crippen LogP contribution in [0, 0.1) is 24.7 Å². The van der Waals surface area contributed by atoms with E-state index in [1.807, 2.05) is 6.07 Å². The molecule has 1 unspecified atom stereocenters. The normalized spacial score (nSPS) is 11.8. The van der Waals surface area contributed by atoms with Crippen LogP contribution < -0.4 is 0 Å². The van der Waals surface area contributed by atoms with E-state index < -0.39 is 0 Å². The zero-order valence-electron chi connectivity index (χ0n) is 12.0. The van der Waals surface area contributed by atoms with E-state index in [2.05, 4.69) is 57.8 Å². The summed E-state index contributed by atoms with van der Waals surface area (Å²) in [6.07, 6.45) is 12.7. The fourth-order valence-electron chi connectivity index (χ4n) is 2.28. The number of hydrogen-bond donors (Lipinski definition) is 0. The minimum Gasteiger partial charge on any atom is -0.284 e. The Balaban J connectivity index is 2.06. The van der Waals surface area contributed by atoms with E-state index in [0.717, 1.165) is 19.5 Å². The molecule has 0 aliphatic heterocycles. The standard InChI is InChI=1S/C19H19NS/c1-3-8-19(4-2)20(13-11-18-12-14-21-16-18)15-17-9-6-5-7-10-17/h1-2,5-7,9-10,12,14,16,19H,8,11,13,15H2. The van der Waals surface area contributed by atoms with Gasteiger partial charge in [-0.25, -0.2) is 0 Å². The van der Waals surface area contributed by atoms with Crippen LogP contribution in [0.15, 0.2) is 47.2 Å². The van der Waals surface area contributed by atoms with E-state index in [1.54, 1.807) is 11.3 Å². The summed E-state index contributed by atoms with van der Waals surface area (Å²) in [5.41, 5.74) is 2.62. The third-order valence-electron chi connectivity index (χ3n) is 3.44. The minimum atomic E-state index is -0.00570. The Morgan fingerprint density at radius 3 is 2.52 bits per heavy atom. The number of benzene rings is 1. The monoisotopic (exact) mass is 293 g/mol. The molecule has 1 nitrogen and oxygen atoms in total. The Kier molecular flexibility index (Phi) is 6.10. The molecule has 1 atom stereocenters. The van der Waals surface area contributed by atoms with Gasteiger partial charge in [0, 0.05) is 19.5 Å². The molecule has 2 heteroatoms. The average molecular weight is 293 g/mol. The summed E-state index contributed by atoms with van der Waals surface area (Å²) in [5.74, 6) is 5.54. The number of thiophene rings is 1. The van der Waals surface area contributed by atoms with Crippen molar-refractivity contribution < 1.29 is 0 Å². The Labute approximate surface area is 131 Å². The van der Waals surface area contributed by atoms with Crippen LogP contribution in [0.3, 0.4) is 0 Å². The molecule has 1 aromatic carbocycles. The van der Waals surface area contributed by atoms with Gasteiger partial charge in [-0.1, -0.05) is 36.3 Å². The zero-order valence-corrected chi connectivity index (χ0v) is 12.9. The smallest absolute Gasteiger partial charge is 0.0825 e. The van der Waals surface area contributed by atoms with Gasteiger partial charge in [-0.05, 0) is 34.4 Å². The predicted octanol–water partition coefficient (Wildman–Crippen LogP) is 3.82. The van der Waals surface area contributed by atoms with Crippen LogP contribution in [0.1, 0.15) is 17.5 Å². The molecule has 0 saturated heterocycles. The summed E-state index contributed by atoms with van der Waals surface area (Å²) < 4.78 is 0. The molecule has 1 aromatic heterocycles. The molecule has 0 spiro atoms. The first kappa shape index (κ1) is 15.4. The average Bonchev–Trinajstić information content (AvgIpc) is 3.03. The van der Waals surface area contributed by atoms with E-state index in [4.69, 9.17) is 12.8 Å². The van der Waals surface area contributed by atoms with Crippen LogP contribution in [-0.4, -0.2) is 17.5 Å². The van der Waals surface area contributed by atoms with Gasteiger partial charge < -0.3 is 0 Å². The summed E-state index contributed by atoms with van der Waals surface area (Å²) in [7, 11) is 0. The lowest BCUT2D eigenvalue weighted by Gasteiger charge is -2.27. The molecule has 0 N–H and O–H groups in total. The molecular weight excluding hydrogens is 274 g/mol. The zero-order chi connectivity index (χ0) is 14.9. The second kappa shape index (κ2) is 8.32. The Morgan fingerprint density at radius 2 is 1.90 bits per heavy atom. The molecule has 0 aliphatic carbocycles. The van der Waals surface area contributed by atoms with Crippen LogP contribution in [0.4, 0.5) is 0 Å². The third-order valence-corrected chi connectivity index (χ3v) is 4.17. The number of nitrogens with zero attached hydrogens (tertiary/aromatic N) is 1. The molecule has 0 fully saturated rings. The van der Waals surface area contributed by atoms with Gasteiger partial charge in [0.1, 0.15) is 0 Å². The summed E-state index contributed by atoms with van der Waals surface area (Å²) in [6.45, 7) is 1.75. The lowest BCUT2D eigenvalue weighted by atomic mass is 10.1. The van der Waals surface area contributed by atoms with Crippen molar-refractivity contribution in [1.29, 1.82) is 0 Å². The first-order chi connectivity index (χ1) is 10.3. The lowest BCUT2D eigenvalue weighted by Crippen LogP contribution is -2.35. The van der Waals surface area contributed by atoms with E-state index >= 15 is 0 Å². The minimum absolute atomic E-state index is 0.00570. The second-order valence-corrected chi connectivity index (χ2v) is 5.71. The fraction of sp³-hybridized carbons (Fsp3) is 0.263. The second-order valence-electron chi connectivity index (χ2n) is 4.93. The summed E-state index contributed by atoms with van der Waals surface area (Å²) in [5, 5.41) is 4.30. The van der Waals surface area contributed by atoms with Crippen molar-refractivity contribution in [3.8, 4) is 24.7 Å². The van der Waals surface area contributed by atoms with Gasteiger partial charge in [-0.15, -0.1) is 18.8 Å². The highest BCUT2D eigenvalue weighted by molar-refractivity contribution is 7.07. The van der Waals surface area contributed by atoms with E-state index in [0.29, 0.717) is 6.42 Å². The first-order valence-corrected chi connectivity index (χ1v) is 7.96. The van der Waals surface area contributed by atoms with Gasteiger partial charge in [0.2, 0.25) is 0 Å². The Bertz CT molecular complexity index is 601. The largest absolute Gasteiger partial charge is 0.284 e. The topological polar surface area (TPSA) is 3.24 Å². The van der Waals surface area contributed by atoms with E-state index in [1.165, 1.54) is 11.1 Å². The van der Waals surface area contributed by atoms with Crippen LogP contribution in [0.5, 0.6) is 0 Å².